The zero-order chi connectivity index (χ0) is 17.5. The SMILES string of the molecule is COc1cccc(C(=O)N(C)CCOc2ccc(F)cc2)c1OC. The summed E-state index contributed by atoms with van der Waals surface area (Å²) in [6.07, 6.45) is 0. The third-order valence-electron chi connectivity index (χ3n) is 3.49. The van der Waals surface area contributed by atoms with Crippen molar-refractivity contribution in [1.82, 2.24) is 4.90 Å². The van der Waals surface area contributed by atoms with Crippen LogP contribution in [0.3, 0.4) is 0 Å². The lowest BCUT2D eigenvalue weighted by Gasteiger charge is -2.19. The molecule has 2 aromatic carbocycles. The largest absolute Gasteiger partial charge is 0.493 e. The number of rotatable bonds is 7. The lowest BCUT2D eigenvalue weighted by Crippen LogP contribution is -2.31. The van der Waals surface area contributed by atoms with Gasteiger partial charge in [-0.2, -0.15) is 0 Å². The van der Waals surface area contributed by atoms with Crippen molar-refractivity contribution in [2.45, 2.75) is 0 Å². The van der Waals surface area contributed by atoms with Crippen LogP contribution in [0.25, 0.3) is 0 Å². The minimum atomic E-state index is -0.320. The Balaban J connectivity index is 1.98. The van der Waals surface area contributed by atoms with Gasteiger partial charge in [0.15, 0.2) is 11.5 Å². The minimum Gasteiger partial charge on any atom is -0.493 e. The van der Waals surface area contributed by atoms with Gasteiger partial charge >= 0.3 is 0 Å². The fourth-order valence-electron chi connectivity index (χ4n) is 2.19. The quantitative estimate of drug-likeness (QED) is 0.781. The molecule has 0 N–H and O–H groups in total. The molecule has 0 unspecified atom stereocenters. The summed E-state index contributed by atoms with van der Waals surface area (Å²) in [7, 11) is 4.69. The van der Waals surface area contributed by atoms with Crippen molar-refractivity contribution in [2.75, 3.05) is 34.4 Å². The van der Waals surface area contributed by atoms with E-state index in [-0.39, 0.29) is 11.7 Å². The van der Waals surface area contributed by atoms with E-state index in [4.69, 9.17) is 14.2 Å². The molecular weight excluding hydrogens is 313 g/mol. The molecule has 5 nitrogen and oxygen atoms in total. The lowest BCUT2D eigenvalue weighted by molar-refractivity contribution is 0.0769. The van der Waals surface area contributed by atoms with Gasteiger partial charge in [-0.15, -0.1) is 0 Å². The Kier molecular flexibility index (Phi) is 6.01. The van der Waals surface area contributed by atoms with Crippen LogP contribution in [-0.2, 0) is 0 Å². The Labute approximate surface area is 140 Å². The Morgan fingerprint density at radius 3 is 2.42 bits per heavy atom. The molecule has 0 aliphatic carbocycles. The van der Waals surface area contributed by atoms with Gasteiger partial charge in [0, 0.05) is 7.05 Å². The maximum atomic E-state index is 12.8. The standard InChI is InChI=1S/C18H20FNO4/c1-20(11-12-24-14-9-7-13(19)8-10-14)18(21)15-5-4-6-16(22-2)17(15)23-3/h4-10H,11-12H2,1-3H3. The molecular formula is C18H20FNO4. The molecule has 0 saturated heterocycles. The second-order valence-electron chi connectivity index (χ2n) is 5.07. The highest BCUT2D eigenvalue weighted by Gasteiger charge is 2.19. The summed E-state index contributed by atoms with van der Waals surface area (Å²) in [6.45, 7) is 0.663. The number of benzene rings is 2. The molecule has 0 saturated carbocycles. The first-order valence-electron chi connectivity index (χ1n) is 7.41. The molecule has 0 heterocycles. The molecule has 1 amide bonds. The van der Waals surface area contributed by atoms with E-state index in [9.17, 15) is 9.18 Å². The Morgan fingerprint density at radius 2 is 1.79 bits per heavy atom. The predicted octanol–water partition coefficient (Wildman–Crippen LogP) is 2.99. The molecule has 0 aliphatic heterocycles. The number of amides is 1. The van der Waals surface area contributed by atoms with Crippen LogP contribution in [0, 0.1) is 5.82 Å². The normalized spacial score (nSPS) is 10.2. The second-order valence-corrected chi connectivity index (χ2v) is 5.07. The molecule has 0 bridgehead atoms. The zero-order valence-electron chi connectivity index (χ0n) is 13.9. The van der Waals surface area contributed by atoms with E-state index in [2.05, 4.69) is 0 Å². The molecule has 6 heteroatoms. The van der Waals surface area contributed by atoms with Gasteiger partial charge < -0.3 is 19.1 Å². The summed E-state index contributed by atoms with van der Waals surface area (Å²) in [5.41, 5.74) is 0.418. The van der Waals surface area contributed by atoms with E-state index in [1.807, 2.05) is 0 Å². The molecule has 0 aliphatic rings. The first-order chi connectivity index (χ1) is 11.6. The number of carbonyl (C=O) groups excluding carboxylic acids is 1. The van der Waals surface area contributed by atoms with Crippen LogP contribution in [0.4, 0.5) is 4.39 Å². The summed E-state index contributed by atoms with van der Waals surface area (Å²) in [4.78, 5) is 14.1. The molecule has 0 atom stereocenters. The highest BCUT2D eigenvalue weighted by Crippen LogP contribution is 2.31. The van der Waals surface area contributed by atoms with E-state index >= 15 is 0 Å². The summed E-state index contributed by atoms with van der Waals surface area (Å²) in [5, 5.41) is 0. The Hall–Kier alpha value is -2.76. The third kappa shape index (κ3) is 4.16. The van der Waals surface area contributed by atoms with E-state index in [0.29, 0.717) is 36.0 Å². The van der Waals surface area contributed by atoms with E-state index in [0.717, 1.165) is 0 Å². The highest BCUT2D eigenvalue weighted by atomic mass is 19.1. The fourth-order valence-corrected chi connectivity index (χ4v) is 2.19. The van der Waals surface area contributed by atoms with Crippen molar-refractivity contribution < 1.29 is 23.4 Å². The van der Waals surface area contributed by atoms with Crippen molar-refractivity contribution in [3.05, 3.63) is 53.8 Å². The summed E-state index contributed by atoms with van der Waals surface area (Å²) >= 11 is 0. The van der Waals surface area contributed by atoms with E-state index in [1.165, 1.54) is 31.3 Å². The van der Waals surface area contributed by atoms with Crippen LogP contribution >= 0.6 is 0 Å². The number of carbonyl (C=O) groups is 1. The Bertz CT molecular complexity index is 688. The van der Waals surface area contributed by atoms with Gasteiger partial charge in [-0.3, -0.25) is 4.79 Å². The van der Waals surface area contributed by atoms with E-state index in [1.54, 1.807) is 37.4 Å². The molecule has 2 aromatic rings. The van der Waals surface area contributed by atoms with Gasteiger partial charge in [0.05, 0.1) is 26.3 Å². The van der Waals surface area contributed by atoms with Gasteiger partial charge in [0.1, 0.15) is 18.2 Å². The lowest BCUT2D eigenvalue weighted by atomic mass is 10.1. The average Bonchev–Trinajstić information content (AvgIpc) is 2.61. The first kappa shape index (κ1) is 17.6. The number of ether oxygens (including phenoxy) is 3. The van der Waals surface area contributed by atoms with Crippen LogP contribution in [0.2, 0.25) is 0 Å². The summed E-state index contributed by atoms with van der Waals surface area (Å²) in [6, 6.07) is 10.9. The molecule has 2 rings (SSSR count). The molecule has 0 aromatic heterocycles. The van der Waals surface area contributed by atoms with Crippen molar-refractivity contribution >= 4 is 5.91 Å². The van der Waals surface area contributed by atoms with Gasteiger partial charge in [-0.05, 0) is 36.4 Å². The van der Waals surface area contributed by atoms with Gasteiger partial charge in [0.25, 0.3) is 5.91 Å². The maximum Gasteiger partial charge on any atom is 0.257 e. The third-order valence-corrected chi connectivity index (χ3v) is 3.49. The fraction of sp³-hybridized carbons (Fsp3) is 0.278. The molecule has 0 spiro atoms. The first-order valence-corrected chi connectivity index (χ1v) is 7.41. The Morgan fingerprint density at radius 1 is 1.08 bits per heavy atom. The number of para-hydroxylation sites is 1. The van der Waals surface area contributed by atoms with E-state index < -0.39 is 0 Å². The van der Waals surface area contributed by atoms with Crippen LogP contribution in [0.5, 0.6) is 17.2 Å². The topological polar surface area (TPSA) is 48.0 Å². The number of hydrogen-bond donors (Lipinski definition) is 0. The molecule has 24 heavy (non-hydrogen) atoms. The predicted molar refractivity (Wildman–Crippen MR) is 88.4 cm³/mol. The van der Waals surface area contributed by atoms with Crippen molar-refractivity contribution in [2.24, 2.45) is 0 Å². The summed E-state index contributed by atoms with van der Waals surface area (Å²) in [5.74, 6) is 0.931. The number of hydrogen-bond acceptors (Lipinski definition) is 4. The van der Waals surface area contributed by atoms with Crippen LogP contribution in [-0.4, -0.2) is 45.2 Å². The highest BCUT2D eigenvalue weighted by molar-refractivity contribution is 5.97. The van der Waals surface area contributed by atoms with Crippen molar-refractivity contribution in [3.8, 4) is 17.2 Å². The minimum absolute atomic E-state index is 0.201. The smallest absolute Gasteiger partial charge is 0.257 e. The molecule has 0 radical (unpaired) electrons. The summed E-state index contributed by atoms with van der Waals surface area (Å²) < 4.78 is 28.8. The van der Waals surface area contributed by atoms with Crippen LogP contribution in [0.1, 0.15) is 10.4 Å². The monoisotopic (exact) mass is 333 g/mol. The average molecular weight is 333 g/mol. The van der Waals surface area contributed by atoms with Gasteiger partial charge in [-0.25, -0.2) is 4.39 Å². The maximum absolute atomic E-state index is 12.8. The van der Waals surface area contributed by atoms with Crippen LogP contribution in [0.15, 0.2) is 42.5 Å². The number of halogens is 1. The molecule has 0 fully saturated rings. The molecule has 128 valence electrons. The number of nitrogens with zero attached hydrogens (tertiary/aromatic N) is 1. The van der Waals surface area contributed by atoms with Gasteiger partial charge in [-0.1, -0.05) is 6.07 Å². The number of methoxy groups -OCH3 is 2. The van der Waals surface area contributed by atoms with Crippen molar-refractivity contribution in [1.29, 1.82) is 0 Å². The number of likely N-dealkylation sites (N-methyl/N-ethyl adjacent to an activating group) is 1. The zero-order valence-corrected chi connectivity index (χ0v) is 13.9. The van der Waals surface area contributed by atoms with Crippen LogP contribution < -0.4 is 14.2 Å². The van der Waals surface area contributed by atoms with Crippen molar-refractivity contribution in [3.63, 3.8) is 0 Å². The second kappa shape index (κ2) is 8.19. The van der Waals surface area contributed by atoms with Gasteiger partial charge in [0.2, 0.25) is 0 Å².